The van der Waals surface area contributed by atoms with Gasteiger partial charge in [-0.1, -0.05) is 0 Å². The molecule has 3 aliphatic rings. The number of rotatable bonds is 3. The van der Waals surface area contributed by atoms with Gasteiger partial charge in [-0.15, -0.1) is 11.3 Å². The Morgan fingerprint density at radius 2 is 1.95 bits per heavy atom. The second-order valence-electron chi connectivity index (χ2n) is 6.55. The normalized spacial score (nSPS) is 33.6. The molecule has 116 valence electrons. The van der Waals surface area contributed by atoms with Crippen molar-refractivity contribution < 1.29 is 9.84 Å². The van der Waals surface area contributed by atoms with E-state index in [1.54, 1.807) is 0 Å². The van der Waals surface area contributed by atoms with Crippen LogP contribution >= 0.6 is 11.3 Å². The molecule has 6 heteroatoms. The van der Waals surface area contributed by atoms with Crippen LogP contribution in [0.1, 0.15) is 17.7 Å². The molecule has 2 aliphatic heterocycles. The van der Waals surface area contributed by atoms with Crippen molar-refractivity contribution in [3.63, 3.8) is 0 Å². The second kappa shape index (κ2) is 5.83. The van der Waals surface area contributed by atoms with Gasteiger partial charge in [0.25, 0.3) is 0 Å². The number of nitrogens with zero attached hydrogens (tertiary/aromatic N) is 3. The molecule has 5 nitrogen and oxygen atoms in total. The monoisotopic (exact) mass is 309 g/mol. The maximum absolute atomic E-state index is 9.72. The van der Waals surface area contributed by atoms with Crippen molar-refractivity contribution in [2.45, 2.75) is 25.5 Å². The van der Waals surface area contributed by atoms with Crippen LogP contribution in [0.5, 0.6) is 0 Å². The first-order chi connectivity index (χ1) is 10.3. The molecule has 1 aromatic rings. The fourth-order valence-corrected chi connectivity index (χ4v) is 4.99. The van der Waals surface area contributed by atoms with Crippen LogP contribution in [-0.2, 0) is 11.3 Å². The van der Waals surface area contributed by atoms with E-state index in [-0.39, 0.29) is 6.10 Å². The lowest BCUT2D eigenvalue weighted by molar-refractivity contribution is 0.122. The third-order valence-corrected chi connectivity index (χ3v) is 6.05. The summed E-state index contributed by atoms with van der Waals surface area (Å²) < 4.78 is 5.39. The number of anilines is 1. The molecule has 3 fully saturated rings. The zero-order valence-electron chi connectivity index (χ0n) is 12.3. The molecular weight excluding hydrogens is 286 g/mol. The summed E-state index contributed by atoms with van der Waals surface area (Å²) in [7, 11) is 0. The van der Waals surface area contributed by atoms with Crippen LogP contribution in [0.4, 0.5) is 5.13 Å². The lowest BCUT2D eigenvalue weighted by atomic mass is 10.0. The van der Waals surface area contributed by atoms with E-state index < -0.39 is 0 Å². The van der Waals surface area contributed by atoms with Crippen LogP contribution in [0, 0.1) is 11.8 Å². The van der Waals surface area contributed by atoms with Crippen molar-refractivity contribution in [3.05, 3.63) is 11.1 Å². The first-order valence-corrected chi connectivity index (χ1v) is 8.77. The first kappa shape index (κ1) is 13.9. The summed E-state index contributed by atoms with van der Waals surface area (Å²) in [5.41, 5.74) is 0. The number of thiazole rings is 1. The van der Waals surface area contributed by atoms with E-state index in [1.807, 2.05) is 17.5 Å². The molecule has 1 N–H and O–H groups in total. The van der Waals surface area contributed by atoms with Crippen LogP contribution in [-0.4, -0.2) is 60.5 Å². The zero-order chi connectivity index (χ0) is 14.2. The molecule has 3 atom stereocenters. The summed E-state index contributed by atoms with van der Waals surface area (Å²) in [6.07, 6.45) is 4.00. The summed E-state index contributed by atoms with van der Waals surface area (Å²) in [6, 6.07) is 0. The fourth-order valence-electron chi connectivity index (χ4n) is 3.99. The van der Waals surface area contributed by atoms with E-state index in [1.165, 1.54) is 4.88 Å². The van der Waals surface area contributed by atoms with E-state index in [2.05, 4.69) is 14.8 Å². The van der Waals surface area contributed by atoms with Crippen molar-refractivity contribution in [3.8, 4) is 0 Å². The predicted octanol–water partition coefficient (Wildman–Crippen LogP) is 1.18. The van der Waals surface area contributed by atoms with E-state index in [0.29, 0.717) is 11.8 Å². The van der Waals surface area contributed by atoms with Gasteiger partial charge in [0.05, 0.1) is 19.3 Å². The van der Waals surface area contributed by atoms with Crippen molar-refractivity contribution in [2.24, 2.45) is 11.8 Å². The highest BCUT2D eigenvalue weighted by Crippen LogP contribution is 2.39. The van der Waals surface area contributed by atoms with E-state index in [4.69, 9.17) is 4.74 Å². The molecule has 0 bridgehead atoms. The van der Waals surface area contributed by atoms with Crippen LogP contribution in [0.3, 0.4) is 0 Å². The third-order valence-electron chi connectivity index (χ3n) is 5.00. The van der Waals surface area contributed by atoms with Crippen LogP contribution in [0.25, 0.3) is 0 Å². The Morgan fingerprint density at radius 3 is 2.67 bits per heavy atom. The number of hydrogen-bond acceptors (Lipinski definition) is 6. The molecule has 0 radical (unpaired) electrons. The van der Waals surface area contributed by atoms with Crippen LogP contribution in [0.15, 0.2) is 6.20 Å². The standard InChI is InChI=1S/C15H23N3O2S/c19-13-5-11-8-17(9-12(11)6-13)10-14-7-16-15(21-14)18-1-3-20-4-2-18/h7,11-13,19H,1-6,8-10H2/t11-,12+,13?. The highest BCUT2D eigenvalue weighted by Gasteiger charge is 2.40. The first-order valence-electron chi connectivity index (χ1n) is 7.96. The van der Waals surface area contributed by atoms with Crippen molar-refractivity contribution >= 4 is 16.5 Å². The molecule has 3 heterocycles. The van der Waals surface area contributed by atoms with Crippen molar-refractivity contribution in [1.29, 1.82) is 0 Å². The molecule has 2 saturated heterocycles. The molecule has 1 aromatic heterocycles. The second-order valence-corrected chi connectivity index (χ2v) is 7.64. The van der Waals surface area contributed by atoms with Gasteiger partial charge in [0.2, 0.25) is 0 Å². The largest absolute Gasteiger partial charge is 0.393 e. The van der Waals surface area contributed by atoms with Crippen molar-refractivity contribution in [1.82, 2.24) is 9.88 Å². The SMILES string of the molecule is OC1C[C@@H]2CN(Cc3cnc(N4CCOCC4)s3)C[C@@H]2C1. The summed E-state index contributed by atoms with van der Waals surface area (Å²) in [5, 5.41) is 10.9. The number of aromatic nitrogens is 1. The molecule has 0 spiro atoms. The Morgan fingerprint density at radius 1 is 1.24 bits per heavy atom. The molecule has 0 aromatic carbocycles. The quantitative estimate of drug-likeness (QED) is 0.909. The maximum Gasteiger partial charge on any atom is 0.185 e. The summed E-state index contributed by atoms with van der Waals surface area (Å²) in [4.78, 5) is 10.8. The van der Waals surface area contributed by atoms with Gasteiger partial charge in [-0.25, -0.2) is 4.98 Å². The predicted molar refractivity (Wildman–Crippen MR) is 82.6 cm³/mol. The van der Waals surface area contributed by atoms with Crippen LogP contribution < -0.4 is 4.90 Å². The van der Waals surface area contributed by atoms with Gasteiger partial charge in [-0.2, -0.15) is 0 Å². The molecule has 4 rings (SSSR count). The Balaban J connectivity index is 1.34. The Kier molecular flexibility index (Phi) is 3.87. The lowest BCUT2D eigenvalue weighted by Crippen LogP contribution is -2.36. The van der Waals surface area contributed by atoms with E-state index in [9.17, 15) is 5.11 Å². The third kappa shape index (κ3) is 2.95. The lowest BCUT2D eigenvalue weighted by Gasteiger charge is -2.26. The number of likely N-dealkylation sites (tertiary alicyclic amines) is 1. The van der Waals surface area contributed by atoms with Gasteiger partial charge < -0.3 is 14.7 Å². The summed E-state index contributed by atoms with van der Waals surface area (Å²) >= 11 is 1.82. The minimum absolute atomic E-state index is 0.0431. The molecular formula is C15H23N3O2S. The Bertz CT molecular complexity index is 475. The molecule has 21 heavy (non-hydrogen) atoms. The summed E-state index contributed by atoms with van der Waals surface area (Å²) in [5.74, 6) is 1.43. The highest BCUT2D eigenvalue weighted by atomic mass is 32.1. The van der Waals surface area contributed by atoms with Gasteiger partial charge in [0.15, 0.2) is 5.13 Å². The Hall–Kier alpha value is -0.690. The maximum atomic E-state index is 9.72. The molecule has 1 saturated carbocycles. The van der Waals surface area contributed by atoms with E-state index in [0.717, 1.165) is 63.9 Å². The number of ether oxygens (including phenoxy) is 1. The van der Waals surface area contributed by atoms with Gasteiger partial charge in [-0.05, 0) is 24.7 Å². The number of aliphatic hydroxyl groups excluding tert-OH is 1. The van der Waals surface area contributed by atoms with Gasteiger partial charge >= 0.3 is 0 Å². The number of hydrogen-bond donors (Lipinski definition) is 1. The smallest absolute Gasteiger partial charge is 0.185 e. The fraction of sp³-hybridized carbons (Fsp3) is 0.800. The van der Waals surface area contributed by atoms with E-state index >= 15 is 0 Å². The minimum atomic E-state index is -0.0431. The molecule has 1 unspecified atom stereocenters. The minimum Gasteiger partial charge on any atom is -0.393 e. The van der Waals surface area contributed by atoms with Crippen LogP contribution in [0.2, 0.25) is 0 Å². The molecule has 1 aliphatic carbocycles. The summed E-state index contributed by atoms with van der Waals surface area (Å²) in [6.45, 7) is 6.85. The van der Waals surface area contributed by atoms with Gasteiger partial charge in [-0.3, -0.25) is 4.90 Å². The van der Waals surface area contributed by atoms with Gasteiger partial charge in [0.1, 0.15) is 0 Å². The number of fused-ring (bicyclic) bond motifs is 1. The average molecular weight is 309 g/mol. The number of morpholine rings is 1. The Labute approximate surface area is 129 Å². The zero-order valence-corrected chi connectivity index (χ0v) is 13.1. The van der Waals surface area contributed by atoms with Gasteiger partial charge in [0, 0.05) is 43.8 Å². The number of aliphatic hydroxyl groups is 1. The average Bonchev–Trinajstić information content (AvgIpc) is 3.15. The highest BCUT2D eigenvalue weighted by molar-refractivity contribution is 7.15. The topological polar surface area (TPSA) is 48.8 Å². The van der Waals surface area contributed by atoms with Crippen molar-refractivity contribution in [2.75, 3.05) is 44.3 Å². The molecule has 0 amide bonds.